The first-order valence-electron chi connectivity index (χ1n) is 4.68. The van der Waals surface area contributed by atoms with E-state index < -0.39 is 11.5 Å². The van der Waals surface area contributed by atoms with Gasteiger partial charge in [0.1, 0.15) is 5.41 Å². The number of methoxy groups -OCH3 is 1. The lowest BCUT2D eigenvalue weighted by Gasteiger charge is -2.35. The zero-order valence-corrected chi connectivity index (χ0v) is 7.75. The van der Waals surface area contributed by atoms with Gasteiger partial charge >= 0.3 is 5.97 Å². The second kappa shape index (κ2) is 2.96. The minimum absolute atomic E-state index is 0.229. The van der Waals surface area contributed by atoms with Crippen molar-refractivity contribution >= 4 is 5.97 Å². The normalized spacial score (nSPS) is 43.2. The Hall–Kier alpha value is -0.610. The van der Waals surface area contributed by atoms with E-state index in [9.17, 15) is 9.90 Å². The molecule has 74 valence electrons. The molecule has 13 heavy (non-hydrogen) atoms. The highest BCUT2D eigenvalue weighted by Gasteiger charge is 2.55. The van der Waals surface area contributed by atoms with Gasteiger partial charge in [-0.15, -0.1) is 0 Å². The van der Waals surface area contributed by atoms with E-state index in [1.54, 1.807) is 0 Å². The maximum absolute atomic E-state index is 11.5. The summed E-state index contributed by atoms with van der Waals surface area (Å²) in [5.74, 6) is -0.0393. The van der Waals surface area contributed by atoms with E-state index in [2.05, 4.69) is 5.32 Å². The van der Waals surface area contributed by atoms with Gasteiger partial charge in [0, 0.05) is 13.1 Å². The predicted octanol–water partition coefficient (Wildman–Crippen LogP) is -0.480. The average Bonchev–Trinajstić information content (AvgIpc) is 2.40. The first kappa shape index (κ1) is 8.97. The van der Waals surface area contributed by atoms with Crippen molar-refractivity contribution in [2.45, 2.75) is 18.9 Å². The molecule has 2 N–H and O–H groups in total. The van der Waals surface area contributed by atoms with Gasteiger partial charge in [-0.2, -0.15) is 0 Å². The Bertz CT molecular complexity index is 227. The van der Waals surface area contributed by atoms with Crippen LogP contribution in [-0.4, -0.2) is 37.4 Å². The zero-order chi connectivity index (χ0) is 9.47. The number of piperidine rings is 1. The molecule has 1 aliphatic heterocycles. The van der Waals surface area contributed by atoms with Crippen LogP contribution in [0.15, 0.2) is 0 Å². The van der Waals surface area contributed by atoms with Crippen molar-refractivity contribution in [1.29, 1.82) is 0 Å². The lowest BCUT2D eigenvalue weighted by Crippen LogP contribution is -2.54. The SMILES string of the molecule is COC(=O)[C@@]12CC[C@@H](CNC1)[C@H]2O. The van der Waals surface area contributed by atoms with Crippen LogP contribution in [0.3, 0.4) is 0 Å². The van der Waals surface area contributed by atoms with Gasteiger partial charge in [0.05, 0.1) is 13.2 Å². The maximum atomic E-state index is 11.5. The average molecular weight is 185 g/mol. The fourth-order valence-corrected chi connectivity index (χ4v) is 2.59. The molecular weight excluding hydrogens is 170 g/mol. The monoisotopic (exact) mass is 185 g/mol. The van der Waals surface area contributed by atoms with Crippen LogP contribution in [0.1, 0.15) is 12.8 Å². The molecule has 1 saturated heterocycles. The van der Waals surface area contributed by atoms with Crippen molar-refractivity contribution in [3.63, 3.8) is 0 Å². The van der Waals surface area contributed by atoms with Crippen LogP contribution in [0, 0.1) is 11.3 Å². The van der Waals surface area contributed by atoms with Gasteiger partial charge in [-0.25, -0.2) is 0 Å². The predicted molar refractivity (Wildman–Crippen MR) is 46.0 cm³/mol. The fraction of sp³-hybridized carbons (Fsp3) is 0.889. The summed E-state index contributed by atoms with van der Waals surface area (Å²) in [7, 11) is 1.38. The Morgan fingerprint density at radius 1 is 1.69 bits per heavy atom. The third-order valence-corrected chi connectivity index (χ3v) is 3.41. The largest absolute Gasteiger partial charge is 0.468 e. The van der Waals surface area contributed by atoms with Crippen molar-refractivity contribution in [3.05, 3.63) is 0 Å². The van der Waals surface area contributed by atoms with E-state index in [1.807, 2.05) is 0 Å². The van der Waals surface area contributed by atoms with Gasteiger partial charge in [-0.05, 0) is 18.8 Å². The lowest BCUT2D eigenvalue weighted by molar-refractivity contribution is -0.160. The lowest BCUT2D eigenvalue weighted by atomic mass is 9.80. The molecule has 0 aromatic rings. The van der Waals surface area contributed by atoms with E-state index in [-0.39, 0.29) is 11.9 Å². The number of carbonyl (C=O) groups is 1. The van der Waals surface area contributed by atoms with E-state index in [0.29, 0.717) is 6.54 Å². The molecule has 0 aromatic heterocycles. The first-order valence-corrected chi connectivity index (χ1v) is 4.68. The summed E-state index contributed by atoms with van der Waals surface area (Å²) in [5.41, 5.74) is -0.655. The number of aliphatic hydroxyl groups is 1. The highest BCUT2D eigenvalue weighted by molar-refractivity contribution is 5.78. The number of esters is 1. The first-order chi connectivity index (χ1) is 6.20. The number of rotatable bonds is 1. The molecule has 2 aliphatic rings. The second-order valence-electron chi connectivity index (χ2n) is 4.02. The smallest absolute Gasteiger partial charge is 0.315 e. The zero-order valence-electron chi connectivity index (χ0n) is 7.75. The molecule has 0 radical (unpaired) electrons. The van der Waals surface area contributed by atoms with Crippen LogP contribution >= 0.6 is 0 Å². The minimum atomic E-state index is -0.655. The van der Waals surface area contributed by atoms with Crippen LogP contribution < -0.4 is 5.32 Å². The summed E-state index contributed by atoms with van der Waals surface area (Å²) in [6.07, 6.45) is 1.16. The van der Waals surface area contributed by atoms with Crippen molar-refractivity contribution in [1.82, 2.24) is 5.32 Å². The van der Waals surface area contributed by atoms with E-state index in [4.69, 9.17) is 4.74 Å². The van der Waals surface area contributed by atoms with Gasteiger partial charge in [0.25, 0.3) is 0 Å². The Labute approximate surface area is 77.3 Å². The van der Waals surface area contributed by atoms with Crippen molar-refractivity contribution in [3.8, 4) is 0 Å². The van der Waals surface area contributed by atoms with Crippen LogP contribution in [0.4, 0.5) is 0 Å². The molecule has 0 unspecified atom stereocenters. The number of carbonyl (C=O) groups excluding carboxylic acids is 1. The molecule has 4 nitrogen and oxygen atoms in total. The summed E-state index contributed by atoms with van der Waals surface area (Å²) in [4.78, 5) is 11.5. The van der Waals surface area contributed by atoms with Crippen molar-refractivity contribution < 1.29 is 14.6 Å². The number of hydrogen-bond acceptors (Lipinski definition) is 4. The van der Waals surface area contributed by atoms with Crippen LogP contribution in [0.5, 0.6) is 0 Å². The summed E-state index contributed by atoms with van der Waals surface area (Å²) < 4.78 is 4.74. The van der Waals surface area contributed by atoms with E-state index in [1.165, 1.54) is 7.11 Å². The summed E-state index contributed by atoms with van der Waals surface area (Å²) in [6, 6.07) is 0. The second-order valence-corrected chi connectivity index (χ2v) is 4.02. The Balaban J connectivity index is 2.25. The quantitative estimate of drug-likeness (QED) is 0.542. The number of nitrogens with one attached hydrogen (secondary N) is 1. The third-order valence-electron chi connectivity index (χ3n) is 3.41. The van der Waals surface area contributed by atoms with Gasteiger partial charge in [-0.3, -0.25) is 4.79 Å². The Kier molecular flexibility index (Phi) is 2.04. The van der Waals surface area contributed by atoms with Gasteiger partial charge in [0.15, 0.2) is 0 Å². The minimum Gasteiger partial charge on any atom is -0.468 e. The topological polar surface area (TPSA) is 58.6 Å². The molecule has 0 amide bonds. The van der Waals surface area contributed by atoms with Crippen LogP contribution in [-0.2, 0) is 9.53 Å². The van der Waals surface area contributed by atoms with Gasteiger partial charge in [-0.1, -0.05) is 0 Å². The molecule has 1 heterocycles. The van der Waals surface area contributed by atoms with E-state index in [0.717, 1.165) is 19.4 Å². The number of hydrogen-bond donors (Lipinski definition) is 2. The molecule has 1 saturated carbocycles. The number of fused-ring (bicyclic) bond motifs is 2. The van der Waals surface area contributed by atoms with Gasteiger partial charge in [0.2, 0.25) is 0 Å². The molecule has 1 aliphatic carbocycles. The third kappa shape index (κ3) is 1.09. The standard InChI is InChI=1S/C9H15NO3/c1-13-8(12)9-3-2-6(7(9)11)4-10-5-9/h6-7,10-11H,2-5H2,1H3/t6-,7+,9-/m0/s1. The van der Waals surface area contributed by atoms with Crippen LogP contribution in [0.25, 0.3) is 0 Å². The molecule has 4 heteroatoms. The molecular formula is C9H15NO3. The summed E-state index contributed by atoms with van der Waals surface area (Å²) >= 11 is 0. The molecule has 2 fully saturated rings. The molecule has 2 rings (SSSR count). The Morgan fingerprint density at radius 2 is 2.46 bits per heavy atom. The summed E-state index contributed by atoms with van der Waals surface area (Å²) in [6.45, 7) is 1.37. The highest BCUT2D eigenvalue weighted by Crippen LogP contribution is 2.44. The Morgan fingerprint density at radius 3 is 3.15 bits per heavy atom. The summed E-state index contributed by atoms with van der Waals surface area (Å²) in [5, 5.41) is 13.1. The molecule has 0 spiro atoms. The number of ether oxygens (including phenoxy) is 1. The van der Waals surface area contributed by atoms with Crippen LogP contribution in [0.2, 0.25) is 0 Å². The van der Waals surface area contributed by atoms with E-state index >= 15 is 0 Å². The van der Waals surface area contributed by atoms with Gasteiger partial charge < -0.3 is 15.2 Å². The van der Waals surface area contributed by atoms with Crippen molar-refractivity contribution in [2.24, 2.45) is 11.3 Å². The number of aliphatic hydroxyl groups excluding tert-OH is 1. The molecule has 3 atom stereocenters. The highest BCUT2D eigenvalue weighted by atomic mass is 16.5. The maximum Gasteiger partial charge on any atom is 0.315 e. The molecule has 2 bridgehead atoms. The van der Waals surface area contributed by atoms with Crippen molar-refractivity contribution in [2.75, 3.05) is 20.2 Å². The molecule has 0 aromatic carbocycles. The fourth-order valence-electron chi connectivity index (χ4n) is 2.59.